The summed E-state index contributed by atoms with van der Waals surface area (Å²) in [5.41, 5.74) is 11.4. The van der Waals surface area contributed by atoms with Gasteiger partial charge in [0.05, 0.1) is 23.9 Å². The summed E-state index contributed by atoms with van der Waals surface area (Å²) < 4.78 is 6.95. The second-order valence-corrected chi connectivity index (χ2v) is 8.02. The summed E-state index contributed by atoms with van der Waals surface area (Å²) in [6.45, 7) is 4.52. The van der Waals surface area contributed by atoms with Gasteiger partial charge in [0.25, 0.3) is 5.91 Å². The van der Waals surface area contributed by atoms with E-state index in [0.29, 0.717) is 34.5 Å². The van der Waals surface area contributed by atoms with Crippen molar-refractivity contribution < 1.29 is 9.53 Å². The highest BCUT2D eigenvalue weighted by Gasteiger charge is 2.24. The molecular weight excluding hydrogens is 440 g/mol. The molecule has 0 atom stereocenters. The number of carbonyl (C=O) groups excluding carboxylic acids is 1. The molecule has 2 aromatic heterocycles. The fourth-order valence-electron chi connectivity index (χ4n) is 3.76. The lowest BCUT2D eigenvalue weighted by Gasteiger charge is -2.06. The van der Waals surface area contributed by atoms with E-state index in [1.54, 1.807) is 6.21 Å². The zero-order valence-corrected chi connectivity index (χ0v) is 19.4. The number of hydrogen-bond acceptors (Lipinski definition) is 6. The van der Waals surface area contributed by atoms with Crippen LogP contribution in [0.3, 0.4) is 0 Å². The van der Waals surface area contributed by atoms with E-state index >= 15 is 0 Å². The van der Waals surface area contributed by atoms with E-state index in [0.717, 1.165) is 16.9 Å². The third-order valence-electron chi connectivity index (χ3n) is 5.52. The number of carbonyl (C=O) groups is 1. The number of hydrogen-bond donors (Lipinski definition) is 2. The molecule has 0 bridgehead atoms. The molecule has 3 N–H and O–H groups in total. The fourth-order valence-corrected chi connectivity index (χ4v) is 3.76. The molecular formula is C27H24N6O2. The van der Waals surface area contributed by atoms with Crippen LogP contribution in [0.25, 0.3) is 22.2 Å². The number of para-hydroxylation sites is 2. The first kappa shape index (κ1) is 22.1. The molecule has 35 heavy (non-hydrogen) atoms. The molecule has 2 heterocycles. The molecule has 0 aliphatic carbocycles. The molecule has 5 rings (SSSR count). The molecule has 0 saturated heterocycles. The molecule has 0 saturated carbocycles. The van der Waals surface area contributed by atoms with Crippen LogP contribution in [-0.4, -0.2) is 33.4 Å². The van der Waals surface area contributed by atoms with Crippen LogP contribution in [0.15, 0.2) is 77.9 Å². The largest absolute Gasteiger partial charge is 0.494 e. The van der Waals surface area contributed by atoms with Gasteiger partial charge >= 0.3 is 0 Å². The summed E-state index contributed by atoms with van der Waals surface area (Å²) >= 11 is 0. The molecule has 0 spiro atoms. The van der Waals surface area contributed by atoms with Crippen molar-refractivity contribution in [3.8, 4) is 5.75 Å². The molecule has 0 aliphatic rings. The first-order chi connectivity index (χ1) is 17.0. The van der Waals surface area contributed by atoms with Crippen LogP contribution in [0, 0.1) is 6.92 Å². The number of nitrogen functional groups attached to an aromatic ring is 1. The number of benzene rings is 3. The van der Waals surface area contributed by atoms with Crippen molar-refractivity contribution in [2.24, 2.45) is 5.10 Å². The normalized spacial score (nSPS) is 11.4. The van der Waals surface area contributed by atoms with Gasteiger partial charge < -0.3 is 15.8 Å². The van der Waals surface area contributed by atoms with Crippen LogP contribution < -0.4 is 15.8 Å². The van der Waals surface area contributed by atoms with E-state index in [1.807, 2.05) is 86.6 Å². The second kappa shape index (κ2) is 9.26. The number of rotatable bonds is 6. The lowest BCUT2D eigenvalue weighted by molar-refractivity contribution is 0.102. The Balaban J connectivity index is 1.60. The van der Waals surface area contributed by atoms with Crippen LogP contribution in [0.1, 0.15) is 28.4 Å². The lowest BCUT2D eigenvalue weighted by Crippen LogP contribution is -2.14. The van der Waals surface area contributed by atoms with Gasteiger partial charge in [0.1, 0.15) is 22.6 Å². The molecule has 8 heteroatoms. The first-order valence-electron chi connectivity index (χ1n) is 11.3. The molecule has 8 nitrogen and oxygen atoms in total. The number of anilines is 2. The van der Waals surface area contributed by atoms with Gasteiger partial charge in [-0.05, 0) is 67.9 Å². The average molecular weight is 465 g/mol. The second-order valence-electron chi connectivity index (χ2n) is 8.02. The summed E-state index contributed by atoms with van der Waals surface area (Å²) in [5.74, 6) is 0.557. The van der Waals surface area contributed by atoms with Gasteiger partial charge in [-0.3, -0.25) is 4.79 Å². The zero-order valence-electron chi connectivity index (χ0n) is 19.4. The van der Waals surface area contributed by atoms with Gasteiger partial charge in [-0.2, -0.15) is 9.78 Å². The van der Waals surface area contributed by atoms with E-state index < -0.39 is 0 Å². The highest BCUT2D eigenvalue weighted by atomic mass is 16.5. The minimum absolute atomic E-state index is 0.155. The number of fused-ring (bicyclic) bond motifs is 2. The summed E-state index contributed by atoms with van der Waals surface area (Å²) in [4.78, 5) is 22.7. The zero-order chi connectivity index (χ0) is 24.4. The van der Waals surface area contributed by atoms with Crippen LogP contribution in [-0.2, 0) is 0 Å². The highest BCUT2D eigenvalue weighted by molar-refractivity contribution is 6.16. The fraction of sp³-hybridized carbons (Fsp3) is 0.111. The molecule has 0 radical (unpaired) electrons. The van der Waals surface area contributed by atoms with E-state index in [9.17, 15) is 4.79 Å². The predicted octanol–water partition coefficient (Wildman–Crippen LogP) is 5.01. The van der Waals surface area contributed by atoms with Crippen LogP contribution in [0.2, 0.25) is 0 Å². The van der Waals surface area contributed by atoms with Crippen molar-refractivity contribution in [3.05, 3.63) is 89.5 Å². The predicted molar refractivity (Wildman–Crippen MR) is 139 cm³/mol. The van der Waals surface area contributed by atoms with Crippen LogP contribution in [0.5, 0.6) is 5.75 Å². The Bertz CT molecular complexity index is 1550. The lowest BCUT2D eigenvalue weighted by atomic mass is 10.2. The molecule has 1 amide bonds. The molecule has 3 aromatic carbocycles. The molecule has 0 fully saturated rings. The van der Waals surface area contributed by atoms with Crippen molar-refractivity contribution in [1.29, 1.82) is 0 Å². The van der Waals surface area contributed by atoms with Crippen molar-refractivity contribution in [2.45, 2.75) is 13.8 Å². The van der Waals surface area contributed by atoms with Gasteiger partial charge in [0.2, 0.25) is 0 Å². The van der Waals surface area contributed by atoms with Crippen molar-refractivity contribution >= 4 is 45.8 Å². The Morgan fingerprint density at radius 1 is 1.03 bits per heavy atom. The van der Waals surface area contributed by atoms with Gasteiger partial charge in [-0.1, -0.05) is 29.8 Å². The topological polar surface area (TPSA) is 107 Å². The Hall–Kier alpha value is -4.72. The SMILES string of the molecule is CCOc1ccc(/C=N\n2c(N)c(C(=O)Nc3ccc(C)cc3)c3nc4ccccc4nc32)cc1. The third-order valence-corrected chi connectivity index (χ3v) is 5.52. The molecule has 174 valence electrons. The maximum absolute atomic E-state index is 13.3. The smallest absolute Gasteiger partial charge is 0.261 e. The van der Waals surface area contributed by atoms with Gasteiger partial charge in [-0.15, -0.1) is 0 Å². The standard InChI is InChI=1S/C27H24N6O2/c1-3-35-20-14-10-18(11-15-20)16-29-33-25(28)23(27(34)30-19-12-8-17(2)9-13-19)24-26(33)32-22-7-5-4-6-21(22)31-24/h4-16H,3,28H2,1-2H3,(H,30,34)/b29-16-. The Morgan fingerprint density at radius 2 is 1.71 bits per heavy atom. The van der Waals surface area contributed by atoms with E-state index in [1.165, 1.54) is 4.68 Å². The average Bonchev–Trinajstić information content (AvgIpc) is 3.13. The van der Waals surface area contributed by atoms with E-state index in [2.05, 4.69) is 10.4 Å². The number of ether oxygens (including phenoxy) is 1. The number of aryl methyl sites for hydroxylation is 1. The molecule has 5 aromatic rings. The van der Waals surface area contributed by atoms with Gasteiger partial charge in [0.15, 0.2) is 5.65 Å². The minimum Gasteiger partial charge on any atom is -0.494 e. The number of nitrogens with zero attached hydrogens (tertiary/aromatic N) is 4. The van der Waals surface area contributed by atoms with E-state index in [-0.39, 0.29) is 17.3 Å². The summed E-state index contributed by atoms with van der Waals surface area (Å²) in [6.07, 6.45) is 1.66. The van der Waals surface area contributed by atoms with Crippen LogP contribution in [0.4, 0.5) is 11.5 Å². The summed E-state index contributed by atoms with van der Waals surface area (Å²) in [7, 11) is 0. The quantitative estimate of drug-likeness (QED) is 0.344. The Kier molecular flexibility index (Phi) is 5.85. The maximum Gasteiger partial charge on any atom is 0.261 e. The van der Waals surface area contributed by atoms with Crippen LogP contribution >= 0.6 is 0 Å². The maximum atomic E-state index is 13.3. The van der Waals surface area contributed by atoms with Gasteiger partial charge in [0, 0.05) is 5.69 Å². The van der Waals surface area contributed by atoms with Crippen molar-refractivity contribution in [1.82, 2.24) is 14.6 Å². The van der Waals surface area contributed by atoms with E-state index in [4.69, 9.17) is 20.4 Å². The third kappa shape index (κ3) is 4.41. The summed E-state index contributed by atoms with van der Waals surface area (Å²) in [5, 5.41) is 7.46. The van der Waals surface area contributed by atoms with Crippen molar-refractivity contribution in [3.63, 3.8) is 0 Å². The number of aromatic nitrogens is 3. The number of nitrogens with two attached hydrogens (primary N) is 1. The number of nitrogens with one attached hydrogen (secondary N) is 1. The number of amides is 1. The Morgan fingerprint density at radius 3 is 2.40 bits per heavy atom. The molecule has 0 aliphatic heterocycles. The Labute approximate surface area is 202 Å². The van der Waals surface area contributed by atoms with Gasteiger partial charge in [-0.25, -0.2) is 9.97 Å². The minimum atomic E-state index is -0.379. The summed E-state index contributed by atoms with van der Waals surface area (Å²) in [6, 6.07) is 22.5. The first-order valence-corrected chi connectivity index (χ1v) is 11.3. The monoisotopic (exact) mass is 464 g/mol. The van der Waals surface area contributed by atoms with Crippen molar-refractivity contribution in [2.75, 3.05) is 17.7 Å². The highest BCUT2D eigenvalue weighted by Crippen LogP contribution is 2.28. The molecule has 0 unspecified atom stereocenters.